The Hall–Kier alpha value is -0.760. The van der Waals surface area contributed by atoms with Crippen LogP contribution in [0.15, 0.2) is 30.4 Å². The van der Waals surface area contributed by atoms with E-state index in [0.29, 0.717) is 19.4 Å². The van der Waals surface area contributed by atoms with E-state index in [1.807, 2.05) is 36.0 Å². The van der Waals surface area contributed by atoms with Crippen molar-refractivity contribution in [1.29, 1.82) is 0 Å². The number of hydrogen-bond donors (Lipinski definition) is 3. The van der Waals surface area contributed by atoms with Gasteiger partial charge in [-0.25, -0.2) is 0 Å². The van der Waals surface area contributed by atoms with Gasteiger partial charge in [0.2, 0.25) is 0 Å². The molecule has 5 atom stereocenters. The van der Waals surface area contributed by atoms with E-state index in [4.69, 9.17) is 26.2 Å². The Bertz CT molecular complexity index is 671. The van der Waals surface area contributed by atoms with E-state index in [1.54, 1.807) is 20.3 Å². The van der Waals surface area contributed by atoms with Crippen LogP contribution >= 0.6 is 23.4 Å². The molecule has 0 saturated heterocycles. The van der Waals surface area contributed by atoms with Crippen LogP contribution in [0.1, 0.15) is 36.8 Å². The standard InChI is InChI=1S/C24H37ClO5S/c1-29-16-18-11-17(13-20(14-18)30-2)12-19(27)5-6-22-21(23(25)15-24(22)28)7-10-31-9-4-3-8-26/h5-6,11,13-14,19,21-24,26-28H,3-4,7-10,12,15-16H2,1-2H3/b6-5+/t19-,21-,22-,23-,24-/m1/s1. The number of benzene rings is 1. The quantitative estimate of drug-likeness (QED) is 0.217. The third-order valence-electron chi connectivity index (χ3n) is 5.74. The van der Waals surface area contributed by atoms with Gasteiger partial charge >= 0.3 is 0 Å². The third kappa shape index (κ3) is 8.95. The van der Waals surface area contributed by atoms with Gasteiger partial charge in [-0.1, -0.05) is 18.2 Å². The molecule has 0 aromatic heterocycles. The Balaban J connectivity index is 1.92. The summed E-state index contributed by atoms with van der Waals surface area (Å²) in [7, 11) is 3.28. The van der Waals surface area contributed by atoms with Gasteiger partial charge in [0.05, 0.1) is 25.9 Å². The zero-order valence-corrected chi connectivity index (χ0v) is 20.2. The van der Waals surface area contributed by atoms with Crippen LogP contribution in [0.3, 0.4) is 0 Å². The van der Waals surface area contributed by atoms with Gasteiger partial charge in [-0.2, -0.15) is 11.8 Å². The normalized spacial score (nSPS) is 24.7. The molecule has 1 fully saturated rings. The Morgan fingerprint density at radius 2 is 1.97 bits per heavy atom. The molecule has 1 aromatic rings. The highest BCUT2D eigenvalue weighted by Gasteiger charge is 2.39. The molecule has 1 aromatic carbocycles. The van der Waals surface area contributed by atoms with Crippen molar-refractivity contribution in [2.24, 2.45) is 11.8 Å². The van der Waals surface area contributed by atoms with Gasteiger partial charge in [0.15, 0.2) is 0 Å². The highest BCUT2D eigenvalue weighted by Crippen LogP contribution is 2.40. The molecule has 0 heterocycles. The summed E-state index contributed by atoms with van der Waals surface area (Å²) in [5.41, 5.74) is 1.97. The maximum atomic E-state index is 10.6. The second-order valence-electron chi connectivity index (χ2n) is 8.17. The fourth-order valence-corrected chi connectivity index (χ4v) is 5.68. The molecule has 3 N–H and O–H groups in total. The predicted octanol–water partition coefficient (Wildman–Crippen LogP) is 3.80. The second kappa shape index (κ2) is 14.4. The number of thioether (sulfide) groups is 1. The highest BCUT2D eigenvalue weighted by atomic mass is 35.5. The average molecular weight is 473 g/mol. The van der Waals surface area contributed by atoms with E-state index >= 15 is 0 Å². The Morgan fingerprint density at radius 3 is 2.68 bits per heavy atom. The summed E-state index contributed by atoms with van der Waals surface area (Å²) in [6.07, 6.45) is 6.47. The minimum absolute atomic E-state index is 0.0375. The fourth-order valence-electron chi connectivity index (χ4n) is 4.15. The first kappa shape index (κ1) is 26.5. The Morgan fingerprint density at radius 1 is 1.19 bits per heavy atom. The molecule has 0 radical (unpaired) electrons. The molecule has 0 unspecified atom stereocenters. The lowest BCUT2D eigenvalue weighted by Crippen LogP contribution is -2.20. The largest absolute Gasteiger partial charge is 0.497 e. The summed E-state index contributed by atoms with van der Waals surface area (Å²) in [4.78, 5) is 0. The number of ether oxygens (including phenoxy) is 2. The number of halogens is 1. The summed E-state index contributed by atoms with van der Waals surface area (Å²) >= 11 is 8.40. The van der Waals surface area contributed by atoms with Crippen LogP contribution in [-0.4, -0.2) is 65.2 Å². The zero-order chi connectivity index (χ0) is 22.6. The van der Waals surface area contributed by atoms with Crippen LogP contribution in [0.5, 0.6) is 5.75 Å². The first-order chi connectivity index (χ1) is 15.0. The molecular formula is C24H37ClO5S. The number of aliphatic hydroxyl groups excluding tert-OH is 3. The molecule has 31 heavy (non-hydrogen) atoms. The van der Waals surface area contributed by atoms with E-state index < -0.39 is 12.2 Å². The van der Waals surface area contributed by atoms with Crippen LogP contribution in [0.4, 0.5) is 0 Å². The monoisotopic (exact) mass is 472 g/mol. The van der Waals surface area contributed by atoms with Crippen molar-refractivity contribution in [3.63, 3.8) is 0 Å². The van der Waals surface area contributed by atoms with Crippen molar-refractivity contribution >= 4 is 23.4 Å². The van der Waals surface area contributed by atoms with Crippen molar-refractivity contribution in [3.05, 3.63) is 41.5 Å². The number of methoxy groups -OCH3 is 2. The van der Waals surface area contributed by atoms with Gasteiger partial charge in [0.25, 0.3) is 0 Å². The number of rotatable bonds is 14. The van der Waals surface area contributed by atoms with Crippen LogP contribution in [0.25, 0.3) is 0 Å². The van der Waals surface area contributed by atoms with E-state index in [1.165, 1.54) is 0 Å². The minimum Gasteiger partial charge on any atom is -0.497 e. The molecule has 176 valence electrons. The molecule has 1 aliphatic carbocycles. The summed E-state index contributed by atoms with van der Waals surface area (Å²) < 4.78 is 10.6. The van der Waals surface area contributed by atoms with Gasteiger partial charge in [-0.15, -0.1) is 11.6 Å². The van der Waals surface area contributed by atoms with Crippen LogP contribution < -0.4 is 4.74 Å². The summed E-state index contributed by atoms with van der Waals surface area (Å²) in [6.45, 7) is 0.735. The van der Waals surface area contributed by atoms with Crippen molar-refractivity contribution in [1.82, 2.24) is 0 Å². The van der Waals surface area contributed by atoms with Crippen LogP contribution in [-0.2, 0) is 17.8 Å². The van der Waals surface area contributed by atoms with E-state index in [0.717, 1.165) is 47.6 Å². The molecule has 0 bridgehead atoms. The summed E-state index contributed by atoms with van der Waals surface area (Å²) in [5.74, 6) is 2.94. The minimum atomic E-state index is -0.655. The highest BCUT2D eigenvalue weighted by molar-refractivity contribution is 7.99. The molecule has 0 aliphatic heterocycles. The van der Waals surface area contributed by atoms with Crippen molar-refractivity contribution in [2.45, 2.75) is 56.3 Å². The number of aliphatic hydroxyl groups is 3. The van der Waals surface area contributed by atoms with Crippen molar-refractivity contribution in [2.75, 3.05) is 32.3 Å². The number of unbranched alkanes of at least 4 members (excludes halogenated alkanes) is 1. The van der Waals surface area contributed by atoms with Gasteiger partial charge in [0.1, 0.15) is 5.75 Å². The van der Waals surface area contributed by atoms with Crippen molar-refractivity contribution < 1.29 is 24.8 Å². The molecule has 0 spiro atoms. The first-order valence-electron chi connectivity index (χ1n) is 11.0. The SMILES string of the molecule is COCc1cc(C[C@H](O)/C=C/[C@@H]2[C@@H](CCSCCCCO)[C@H](Cl)C[C@H]2O)cc(OC)c1. The molecular weight excluding hydrogens is 436 g/mol. The molecule has 0 amide bonds. The second-order valence-corrected chi connectivity index (χ2v) is 9.96. The van der Waals surface area contributed by atoms with Gasteiger partial charge in [-0.05, 0) is 66.4 Å². The van der Waals surface area contributed by atoms with Gasteiger partial charge in [0, 0.05) is 31.4 Å². The smallest absolute Gasteiger partial charge is 0.119 e. The van der Waals surface area contributed by atoms with Crippen LogP contribution in [0, 0.1) is 11.8 Å². The number of alkyl halides is 1. The summed E-state index contributed by atoms with van der Waals surface area (Å²) in [5, 5.41) is 29.9. The number of hydrogen-bond acceptors (Lipinski definition) is 6. The fraction of sp³-hybridized carbons (Fsp3) is 0.667. The molecule has 5 nitrogen and oxygen atoms in total. The van der Waals surface area contributed by atoms with Crippen LogP contribution in [0.2, 0.25) is 0 Å². The third-order valence-corrected chi connectivity index (χ3v) is 7.34. The molecule has 1 aliphatic rings. The first-order valence-corrected chi connectivity index (χ1v) is 12.6. The average Bonchev–Trinajstić information content (AvgIpc) is 3.01. The molecule has 2 rings (SSSR count). The van der Waals surface area contributed by atoms with E-state index in [-0.39, 0.29) is 23.8 Å². The van der Waals surface area contributed by atoms with Crippen molar-refractivity contribution in [3.8, 4) is 5.75 Å². The lowest BCUT2D eigenvalue weighted by Gasteiger charge is -2.21. The lowest BCUT2D eigenvalue weighted by atomic mass is 9.91. The molecule has 7 heteroatoms. The maximum absolute atomic E-state index is 10.6. The van der Waals surface area contributed by atoms with E-state index in [2.05, 4.69) is 0 Å². The Labute approximate surface area is 195 Å². The Kier molecular flexibility index (Phi) is 12.3. The lowest BCUT2D eigenvalue weighted by molar-refractivity contribution is 0.140. The summed E-state index contributed by atoms with van der Waals surface area (Å²) in [6, 6.07) is 5.86. The maximum Gasteiger partial charge on any atom is 0.119 e. The molecule has 1 saturated carbocycles. The predicted molar refractivity (Wildman–Crippen MR) is 128 cm³/mol. The topological polar surface area (TPSA) is 79.2 Å². The van der Waals surface area contributed by atoms with Gasteiger partial charge < -0.3 is 24.8 Å². The zero-order valence-electron chi connectivity index (χ0n) is 18.6. The van der Waals surface area contributed by atoms with Gasteiger partial charge in [-0.3, -0.25) is 0 Å². The van der Waals surface area contributed by atoms with E-state index in [9.17, 15) is 10.2 Å².